The standard InChI is InChI=1S/C20H19FN4O2S2/c21-14-8-3-4-9-16(14)25(20(27)15-12-29-24-23-15)18(17-10-5-11-28-17)19(26)22-13-6-1-2-7-13/h3-5,8-13,18H,1-2,6-7H2,(H,22,26)/t18-/m0/s1. The number of rotatable bonds is 6. The number of hydrogen-bond acceptors (Lipinski definition) is 6. The number of aromatic nitrogens is 2. The van der Waals surface area contributed by atoms with E-state index in [4.69, 9.17) is 0 Å². The molecule has 2 heterocycles. The Hall–Kier alpha value is -2.65. The number of amides is 2. The second kappa shape index (κ2) is 8.79. The highest BCUT2D eigenvalue weighted by atomic mass is 32.1. The van der Waals surface area contributed by atoms with Crippen LogP contribution in [0.15, 0.2) is 47.2 Å². The van der Waals surface area contributed by atoms with Gasteiger partial charge in [0.05, 0.1) is 5.69 Å². The van der Waals surface area contributed by atoms with E-state index in [-0.39, 0.29) is 23.3 Å². The van der Waals surface area contributed by atoms with Crippen LogP contribution in [0.3, 0.4) is 0 Å². The number of benzene rings is 1. The summed E-state index contributed by atoms with van der Waals surface area (Å²) in [5.41, 5.74) is 0.110. The van der Waals surface area contributed by atoms with Crippen molar-refractivity contribution in [2.24, 2.45) is 0 Å². The average Bonchev–Trinajstić information content (AvgIpc) is 3.49. The van der Waals surface area contributed by atoms with Gasteiger partial charge in [-0.25, -0.2) is 4.39 Å². The van der Waals surface area contributed by atoms with Crippen LogP contribution in [0.1, 0.15) is 47.1 Å². The molecule has 1 N–H and O–H groups in total. The molecule has 0 aliphatic heterocycles. The van der Waals surface area contributed by atoms with Crippen molar-refractivity contribution in [1.82, 2.24) is 14.9 Å². The van der Waals surface area contributed by atoms with E-state index in [1.807, 2.05) is 11.4 Å². The molecule has 0 unspecified atom stereocenters. The van der Waals surface area contributed by atoms with Gasteiger partial charge in [0.2, 0.25) is 5.91 Å². The summed E-state index contributed by atoms with van der Waals surface area (Å²) in [6.07, 6.45) is 3.95. The van der Waals surface area contributed by atoms with Crippen molar-refractivity contribution in [3.05, 3.63) is 63.5 Å². The lowest BCUT2D eigenvalue weighted by Gasteiger charge is -2.31. The first-order chi connectivity index (χ1) is 14.1. The molecule has 2 amide bonds. The molecule has 1 aromatic carbocycles. The van der Waals surface area contributed by atoms with Gasteiger partial charge < -0.3 is 5.32 Å². The molecular formula is C20H19FN4O2S2. The van der Waals surface area contributed by atoms with Gasteiger partial charge in [-0.2, -0.15) is 0 Å². The SMILES string of the molecule is O=C(NC1CCCC1)[C@H](c1cccs1)N(C(=O)c1csnn1)c1ccccc1F. The molecule has 29 heavy (non-hydrogen) atoms. The summed E-state index contributed by atoms with van der Waals surface area (Å²) in [5, 5.41) is 10.2. The molecular weight excluding hydrogens is 411 g/mol. The zero-order valence-corrected chi connectivity index (χ0v) is 17.1. The molecule has 0 saturated heterocycles. The van der Waals surface area contributed by atoms with E-state index >= 15 is 0 Å². The van der Waals surface area contributed by atoms with Crippen molar-refractivity contribution in [3.63, 3.8) is 0 Å². The highest BCUT2D eigenvalue weighted by Crippen LogP contribution is 2.34. The first-order valence-corrected chi connectivity index (χ1v) is 11.1. The monoisotopic (exact) mass is 430 g/mol. The minimum absolute atomic E-state index is 0.0328. The maximum atomic E-state index is 14.8. The maximum absolute atomic E-state index is 14.8. The number of anilines is 1. The van der Waals surface area contributed by atoms with Gasteiger partial charge in [0, 0.05) is 16.3 Å². The van der Waals surface area contributed by atoms with Crippen LogP contribution >= 0.6 is 22.9 Å². The second-order valence-corrected chi connectivity index (χ2v) is 8.41. The van der Waals surface area contributed by atoms with E-state index in [1.165, 1.54) is 33.7 Å². The van der Waals surface area contributed by atoms with Gasteiger partial charge in [-0.05, 0) is 48.0 Å². The molecule has 6 nitrogen and oxygen atoms in total. The number of nitrogens with one attached hydrogen (secondary N) is 1. The fourth-order valence-electron chi connectivity index (χ4n) is 3.56. The topological polar surface area (TPSA) is 75.2 Å². The third-order valence-corrected chi connectivity index (χ3v) is 6.36. The maximum Gasteiger partial charge on any atom is 0.280 e. The predicted octanol–water partition coefficient (Wildman–Crippen LogP) is 4.19. The number of halogens is 1. The summed E-state index contributed by atoms with van der Waals surface area (Å²) < 4.78 is 18.5. The van der Waals surface area contributed by atoms with Crippen molar-refractivity contribution in [1.29, 1.82) is 0 Å². The van der Waals surface area contributed by atoms with Crippen molar-refractivity contribution in [2.45, 2.75) is 37.8 Å². The molecule has 1 aliphatic carbocycles. The van der Waals surface area contributed by atoms with E-state index < -0.39 is 17.8 Å². The number of carbonyl (C=O) groups is 2. The second-order valence-electron chi connectivity index (χ2n) is 6.82. The molecule has 1 fully saturated rings. The summed E-state index contributed by atoms with van der Waals surface area (Å²) >= 11 is 2.38. The quantitative estimate of drug-likeness (QED) is 0.636. The normalized spacial score (nSPS) is 15.2. The van der Waals surface area contributed by atoms with Gasteiger partial charge in [-0.15, -0.1) is 16.4 Å². The fraction of sp³-hybridized carbons (Fsp3) is 0.300. The van der Waals surface area contributed by atoms with Gasteiger partial charge in [-0.3, -0.25) is 14.5 Å². The average molecular weight is 431 g/mol. The lowest BCUT2D eigenvalue weighted by Crippen LogP contribution is -2.46. The van der Waals surface area contributed by atoms with E-state index in [2.05, 4.69) is 14.9 Å². The zero-order chi connectivity index (χ0) is 20.2. The summed E-state index contributed by atoms with van der Waals surface area (Å²) in [6, 6.07) is 8.62. The van der Waals surface area contributed by atoms with Crippen molar-refractivity contribution < 1.29 is 14.0 Å². The van der Waals surface area contributed by atoms with Crippen molar-refractivity contribution in [3.8, 4) is 0 Å². The zero-order valence-electron chi connectivity index (χ0n) is 15.5. The summed E-state index contributed by atoms with van der Waals surface area (Å²) in [4.78, 5) is 28.5. The van der Waals surface area contributed by atoms with Gasteiger partial charge in [0.25, 0.3) is 5.91 Å². The van der Waals surface area contributed by atoms with Crippen LogP contribution in [0.4, 0.5) is 10.1 Å². The van der Waals surface area contributed by atoms with Crippen LogP contribution < -0.4 is 10.2 Å². The number of nitrogens with zero attached hydrogens (tertiary/aromatic N) is 3. The molecule has 0 radical (unpaired) electrons. The molecule has 1 saturated carbocycles. The number of carbonyl (C=O) groups excluding carboxylic acids is 2. The summed E-state index contributed by atoms with van der Waals surface area (Å²) in [7, 11) is 0. The Balaban J connectivity index is 1.78. The number of hydrogen-bond donors (Lipinski definition) is 1. The molecule has 150 valence electrons. The molecule has 9 heteroatoms. The van der Waals surface area contributed by atoms with Crippen LogP contribution in [0.2, 0.25) is 0 Å². The first-order valence-electron chi connectivity index (χ1n) is 9.34. The Kier molecular flexibility index (Phi) is 5.96. The minimum Gasteiger partial charge on any atom is -0.351 e. The Labute approximate surface area is 175 Å². The van der Waals surface area contributed by atoms with E-state index in [0.29, 0.717) is 4.88 Å². The van der Waals surface area contributed by atoms with Crippen LogP contribution in [0.25, 0.3) is 0 Å². The van der Waals surface area contributed by atoms with Crippen LogP contribution in [0, 0.1) is 5.82 Å². The molecule has 0 bridgehead atoms. The van der Waals surface area contributed by atoms with E-state index in [9.17, 15) is 14.0 Å². The Bertz CT molecular complexity index is 972. The Morgan fingerprint density at radius 2 is 1.97 bits per heavy atom. The largest absolute Gasteiger partial charge is 0.351 e. The lowest BCUT2D eigenvalue weighted by atomic mass is 10.1. The van der Waals surface area contributed by atoms with E-state index in [1.54, 1.807) is 18.2 Å². The molecule has 1 atom stereocenters. The number of thiophene rings is 1. The van der Waals surface area contributed by atoms with Crippen molar-refractivity contribution >= 4 is 40.4 Å². The Morgan fingerprint density at radius 1 is 1.17 bits per heavy atom. The van der Waals surface area contributed by atoms with Gasteiger partial charge >= 0.3 is 0 Å². The highest BCUT2D eigenvalue weighted by molar-refractivity contribution is 7.10. The third kappa shape index (κ3) is 4.20. The van der Waals surface area contributed by atoms with Gasteiger partial charge in [-0.1, -0.05) is 35.5 Å². The third-order valence-electron chi connectivity index (χ3n) is 4.93. The first kappa shape index (κ1) is 19.7. The minimum atomic E-state index is -0.998. The smallest absolute Gasteiger partial charge is 0.280 e. The molecule has 0 spiro atoms. The molecule has 2 aromatic heterocycles. The number of para-hydroxylation sites is 1. The van der Waals surface area contributed by atoms with Gasteiger partial charge in [0.1, 0.15) is 5.82 Å². The lowest BCUT2D eigenvalue weighted by molar-refractivity contribution is -0.123. The van der Waals surface area contributed by atoms with Crippen LogP contribution in [-0.4, -0.2) is 27.4 Å². The molecule has 4 rings (SSSR count). The van der Waals surface area contributed by atoms with Crippen LogP contribution in [0.5, 0.6) is 0 Å². The molecule has 1 aliphatic rings. The van der Waals surface area contributed by atoms with Gasteiger partial charge in [0.15, 0.2) is 11.7 Å². The summed E-state index contributed by atoms with van der Waals surface area (Å²) in [5.74, 6) is -1.47. The fourth-order valence-corrected chi connectivity index (χ4v) is 4.81. The van der Waals surface area contributed by atoms with Crippen LogP contribution in [-0.2, 0) is 4.79 Å². The summed E-state index contributed by atoms with van der Waals surface area (Å²) in [6.45, 7) is 0. The Morgan fingerprint density at radius 3 is 2.62 bits per heavy atom. The van der Waals surface area contributed by atoms with Crippen molar-refractivity contribution in [2.75, 3.05) is 4.90 Å². The predicted molar refractivity (Wildman–Crippen MR) is 111 cm³/mol. The highest BCUT2D eigenvalue weighted by Gasteiger charge is 2.37. The van der Waals surface area contributed by atoms with E-state index in [0.717, 1.165) is 37.2 Å². The molecule has 3 aromatic rings.